The molecule has 0 aliphatic heterocycles. The number of ether oxygens (including phenoxy) is 3. The molecule has 1 unspecified atom stereocenters. The third kappa shape index (κ3) is 55.8. The molecule has 0 aliphatic carbocycles. The van der Waals surface area contributed by atoms with E-state index in [1.165, 1.54) is 25.7 Å². The molecule has 0 saturated heterocycles. The molecule has 0 aromatic rings. The Kier molecular flexibility index (Phi) is 53.6. The highest BCUT2D eigenvalue weighted by Gasteiger charge is 2.19. The van der Waals surface area contributed by atoms with Gasteiger partial charge in [-0.3, -0.25) is 14.4 Å². The Balaban J connectivity index is 4.28. The van der Waals surface area contributed by atoms with Gasteiger partial charge in [0.2, 0.25) is 0 Å². The van der Waals surface area contributed by atoms with Crippen LogP contribution in [0.15, 0.2) is 158 Å². The minimum Gasteiger partial charge on any atom is -0.462 e. The molecule has 0 heterocycles. The molecule has 0 radical (unpaired) electrons. The Bertz CT molecular complexity index is 1640. The predicted octanol–water partition coefficient (Wildman–Crippen LogP) is 19.0. The normalized spacial score (nSPS) is 13.3. The molecule has 0 amide bonds. The highest BCUT2D eigenvalue weighted by molar-refractivity contribution is 5.71. The smallest absolute Gasteiger partial charge is 0.306 e. The zero-order valence-electron chi connectivity index (χ0n) is 45.2. The summed E-state index contributed by atoms with van der Waals surface area (Å²) in [7, 11) is 0. The van der Waals surface area contributed by atoms with Gasteiger partial charge in [-0.05, 0) is 128 Å². The number of carbonyl (C=O) groups excluding carboxylic acids is 3. The van der Waals surface area contributed by atoms with Crippen LogP contribution in [0.25, 0.3) is 0 Å². The fraction of sp³-hybridized carbons (Fsp3) is 0.554. The van der Waals surface area contributed by atoms with Gasteiger partial charge in [-0.2, -0.15) is 0 Å². The molecule has 71 heavy (non-hydrogen) atoms. The Morgan fingerprint density at radius 2 is 0.549 bits per heavy atom. The quantitative estimate of drug-likeness (QED) is 0.0262. The fourth-order valence-electron chi connectivity index (χ4n) is 6.89. The molecular formula is C65H100O6. The summed E-state index contributed by atoms with van der Waals surface area (Å²) in [6, 6.07) is 0. The third-order valence-electron chi connectivity index (χ3n) is 11.0. The molecule has 0 bridgehead atoms. The SMILES string of the molecule is CC/C=C\C/C=C\C/C=C\C/C=C\C/C=C\C/C=C\C/C=C\C/C=C\C/C=C\C/C=C\CCCCC(=O)OCC(COC(=O)CCCCCCCCC)OC(=O)CCCCC/C=C\C/C=C\C/C=C\CC. The van der Waals surface area contributed by atoms with Gasteiger partial charge < -0.3 is 14.2 Å². The van der Waals surface area contributed by atoms with E-state index in [-0.39, 0.29) is 44.0 Å². The lowest BCUT2D eigenvalue weighted by Gasteiger charge is -2.18. The molecule has 6 heteroatoms. The van der Waals surface area contributed by atoms with Gasteiger partial charge in [-0.25, -0.2) is 0 Å². The van der Waals surface area contributed by atoms with Gasteiger partial charge in [0.25, 0.3) is 0 Å². The van der Waals surface area contributed by atoms with Crippen LogP contribution in [0.3, 0.4) is 0 Å². The van der Waals surface area contributed by atoms with Gasteiger partial charge in [-0.1, -0.05) is 224 Å². The molecular weight excluding hydrogens is 877 g/mol. The van der Waals surface area contributed by atoms with E-state index in [2.05, 4.69) is 179 Å². The van der Waals surface area contributed by atoms with Gasteiger partial charge >= 0.3 is 17.9 Å². The summed E-state index contributed by atoms with van der Waals surface area (Å²) in [5.41, 5.74) is 0. The van der Waals surface area contributed by atoms with Crippen LogP contribution in [-0.2, 0) is 28.6 Å². The van der Waals surface area contributed by atoms with Gasteiger partial charge in [0.15, 0.2) is 6.10 Å². The van der Waals surface area contributed by atoms with E-state index in [1.54, 1.807) is 0 Å². The van der Waals surface area contributed by atoms with Gasteiger partial charge in [-0.15, -0.1) is 0 Å². The van der Waals surface area contributed by atoms with Crippen molar-refractivity contribution in [2.75, 3.05) is 13.2 Å². The molecule has 0 aromatic heterocycles. The molecule has 0 aliphatic rings. The van der Waals surface area contributed by atoms with Crippen LogP contribution < -0.4 is 0 Å². The average Bonchev–Trinajstić information content (AvgIpc) is 3.37. The van der Waals surface area contributed by atoms with Crippen molar-refractivity contribution in [1.29, 1.82) is 0 Å². The Labute approximate surface area is 435 Å². The standard InChI is InChI=1S/C65H100O6/c1-4-7-10-13-16-18-20-22-23-24-25-26-27-28-29-30-31-32-33-34-35-36-37-38-39-40-41-43-44-46-49-52-55-58-64(67)70-61-62(60-69-63(66)57-54-51-48-15-12-9-6-3)71-65(68)59-56-53-50-47-45-42-21-19-17-14-11-8-5-2/h7-8,10-11,16-19,22-23,25-26,28-29,31-32,34-35,37-38,40-42,44-46,62H,4-6,9,12-15,20-21,24,27,30,33,36,39,43,47-61H2,1-3H3/b10-7-,11-8-,18-16-,19-17-,23-22-,26-25-,29-28-,32-31-,35-34-,38-37-,41-40-,45-42-,46-44-. The number of hydrogen-bond acceptors (Lipinski definition) is 6. The van der Waals surface area contributed by atoms with Crippen molar-refractivity contribution in [3.63, 3.8) is 0 Å². The summed E-state index contributed by atoms with van der Waals surface area (Å²) < 4.78 is 16.7. The first-order chi connectivity index (χ1) is 35.0. The van der Waals surface area contributed by atoms with Crippen LogP contribution in [0, 0.1) is 0 Å². The Morgan fingerprint density at radius 1 is 0.296 bits per heavy atom. The number of allylic oxidation sites excluding steroid dienone is 26. The highest BCUT2D eigenvalue weighted by Crippen LogP contribution is 2.12. The zero-order chi connectivity index (χ0) is 51.4. The summed E-state index contributed by atoms with van der Waals surface area (Å²) in [5, 5.41) is 0. The Morgan fingerprint density at radius 3 is 0.887 bits per heavy atom. The van der Waals surface area contributed by atoms with Crippen molar-refractivity contribution < 1.29 is 28.6 Å². The molecule has 0 saturated carbocycles. The van der Waals surface area contributed by atoms with Crippen LogP contribution >= 0.6 is 0 Å². The molecule has 0 spiro atoms. The molecule has 396 valence electrons. The second-order valence-corrected chi connectivity index (χ2v) is 17.7. The first kappa shape index (κ1) is 66.0. The average molecular weight is 978 g/mol. The van der Waals surface area contributed by atoms with E-state index in [9.17, 15) is 14.4 Å². The fourth-order valence-corrected chi connectivity index (χ4v) is 6.89. The summed E-state index contributed by atoms with van der Waals surface area (Å²) in [6.45, 7) is 6.27. The number of hydrogen-bond donors (Lipinski definition) is 0. The van der Waals surface area contributed by atoms with E-state index >= 15 is 0 Å². The summed E-state index contributed by atoms with van der Waals surface area (Å²) >= 11 is 0. The van der Waals surface area contributed by atoms with Crippen molar-refractivity contribution in [2.24, 2.45) is 0 Å². The number of esters is 3. The maximum Gasteiger partial charge on any atom is 0.306 e. The topological polar surface area (TPSA) is 78.9 Å². The van der Waals surface area contributed by atoms with E-state index < -0.39 is 6.10 Å². The monoisotopic (exact) mass is 977 g/mol. The van der Waals surface area contributed by atoms with E-state index in [0.29, 0.717) is 19.3 Å². The van der Waals surface area contributed by atoms with Crippen LogP contribution in [0.4, 0.5) is 0 Å². The Hall–Kier alpha value is -4.97. The minimum absolute atomic E-state index is 0.109. The third-order valence-corrected chi connectivity index (χ3v) is 11.0. The van der Waals surface area contributed by atoms with Crippen LogP contribution in [0.5, 0.6) is 0 Å². The molecule has 6 nitrogen and oxygen atoms in total. The zero-order valence-corrected chi connectivity index (χ0v) is 45.2. The molecule has 0 rings (SSSR count). The maximum atomic E-state index is 12.7. The van der Waals surface area contributed by atoms with E-state index in [1.807, 2.05) is 0 Å². The second-order valence-electron chi connectivity index (χ2n) is 17.7. The van der Waals surface area contributed by atoms with Crippen molar-refractivity contribution in [2.45, 2.75) is 219 Å². The number of unbranched alkanes of at least 4 members (excludes halogenated alkanes) is 11. The van der Waals surface area contributed by atoms with E-state index in [4.69, 9.17) is 14.2 Å². The lowest BCUT2D eigenvalue weighted by Crippen LogP contribution is -2.30. The molecule has 0 fully saturated rings. The minimum atomic E-state index is -0.814. The van der Waals surface area contributed by atoms with Crippen molar-refractivity contribution >= 4 is 17.9 Å². The predicted molar refractivity (Wildman–Crippen MR) is 306 cm³/mol. The van der Waals surface area contributed by atoms with Crippen LogP contribution in [0.2, 0.25) is 0 Å². The second kappa shape index (κ2) is 57.6. The number of carbonyl (C=O) groups is 3. The summed E-state index contributed by atoms with van der Waals surface area (Å²) in [6.07, 6.45) is 84.1. The first-order valence-corrected chi connectivity index (χ1v) is 28.0. The van der Waals surface area contributed by atoms with Crippen LogP contribution in [0.1, 0.15) is 213 Å². The lowest BCUT2D eigenvalue weighted by molar-refractivity contribution is -0.167. The van der Waals surface area contributed by atoms with Crippen LogP contribution in [-0.4, -0.2) is 37.2 Å². The molecule has 0 N–H and O–H groups in total. The highest BCUT2D eigenvalue weighted by atomic mass is 16.6. The van der Waals surface area contributed by atoms with E-state index in [0.717, 1.165) is 135 Å². The largest absolute Gasteiger partial charge is 0.462 e. The maximum absolute atomic E-state index is 12.7. The van der Waals surface area contributed by atoms with Crippen molar-refractivity contribution in [3.05, 3.63) is 158 Å². The summed E-state index contributed by atoms with van der Waals surface area (Å²) in [4.78, 5) is 37.8. The van der Waals surface area contributed by atoms with Crippen molar-refractivity contribution in [3.8, 4) is 0 Å². The first-order valence-electron chi connectivity index (χ1n) is 28.0. The van der Waals surface area contributed by atoms with Gasteiger partial charge in [0.05, 0.1) is 0 Å². The summed E-state index contributed by atoms with van der Waals surface area (Å²) in [5.74, 6) is -1.00. The molecule has 0 aromatic carbocycles. The van der Waals surface area contributed by atoms with Gasteiger partial charge in [0.1, 0.15) is 13.2 Å². The number of rotatable bonds is 48. The van der Waals surface area contributed by atoms with Gasteiger partial charge in [0, 0.05) is 19.3 Å². The lowest BCUT2D eigenvalue weighted by atomic mass is 10.1. The van der Waals surface area contributed by atoms with Crippen molar-refractivity contribution in [1.82, 2.24) is 0 Å². The molecule has 1 atom stereocenters.